The fraction of sp³-hybridized carbons (Fsp3) is 0.400. The summed E-state index contributed by atoms with van der Waals surface area (Å²) in [4.78, 5) is 16.2. The summed E-state index contributed by atoms with van der Waals surface area (Å²) in [5, 5.41) is 11.5. The molecule has 3 aromatic rings. The summed E-state index contributed by atoms with van der Waals surface area (Å²) in [6.07, 6.45) is 8.33. The van der Waals surface area contributed by atoms with Gasteiger partial charge in [0.05, 0.1) is 23.3 Å². The van der Waals surface area contributed by atoms with E-state index in [9.17, 15) is 0 Å². The Bertz CT molecular complexity index is 1170. The number of ether oxygens (including phenoxy) is 1. The molecule has 9 nitrogen and oxygen atoms in total. The number of aromatic nitrogens is 4. The first-order valence-electron chi connectivity index (χ1n) is 11.6. The number of hydrogen-bond donors (Lipinski definition) is 2. The summed E-state index contributed by atoms with van der Waals surface area (Å²) in [5.74, 6) is 1.71. The van der Waals surface area contributed by atoms with Crippen LogP contribution in [0.4, 0.5) is 11.6 Å². The number of hydrogen-bond acceptors (Lipinski definition) is 9. The summed E-state index contributed by atoms with van der Waals surface area (Å²) in [6, 6.07) is 7.77. The van der Waals surface area contributed by atoms with E-state index in [1.165, 1.54) is 0 Å². The average Bonchev–Trinajstić information content (AvgIpc) is 2.82. The highest BCUT2D eigenvalue weighted by Gasteiger charge is 2.25. The van der Waals surface area contributed by atoms with E-state index >= 15 is 0 Å². The molecule has 1 fully saturated rings. The summed E-state index contributed by atoms with van der Waals surface area (Å²) in [6.45, 7) is 8.04. The Hall–Kier alpha value is -3.43. The van der Waals surface area contributed by atoms with Crippen LogP contribution in [-0.2, 0) is 4.74 Å². The number of rotatable bonds is 10. The standard InChI is InChI=1S/C25H32N8O/c1-17(2)18-10-25(32-29-14-18)31-24-6-5-22-23(30-24)9-19(13-28-22)20(11-26)12-27-7-4-8-33-15-21(16-33)34-3/h5-6,9-14,17,21H,4,7-8,15-16,26H2,1-3H3,(H,30,31,32). The van der Waals surface area contributed by atoms with E-state index in [4.69, 9.17) is 15.5 Å². The van der Waals surface area contributed by atoms with Gasteiger partial charge in [-0.25, -0.2) is 4.98 Å². The maximum atomic E-state index is 5.89. The molecule has 0 aliphatic carbocycles. The number of pyridine rings is 2. The minimum Gasteiger partial charge on any atom is -0.404 e. The molecule has 4 heterocycles. The number of methoxy groups -OCH3 is 1. The second-order valence-electron chi connectivity index (χ2n) is 8.74. The molecule has 1 aliphatic rings. The van der Waals surface area contributed by atoms with E-state index in [0.717, 1.165) is 60.3 Å². The van der Waals surface area contributed by atoms with Crippen molar-refractivity contribution in [1.82, 2.24) is 25.1 Å². The van der Waals surface area contributed by atoms with E-state index in [2.05, 4.69) is 44.2 Å². The predicted octanol–water partition coefficient (Wildman–Crippen LogP) is 3.38. The number of fused-ring (bicyclic) bond motifs is 1. The minimum absolute atomic E-state index is 0.370. The fourth-order valence-corrected chi connectivity index (χ4v) is 3.74. The van der Waals surface area contributed by atoms with Crippen molar-refractivity contribution in [2.45, 2.75) is 32.3 Å². The van der Waals surface area contributed by atoms with Crippen molar-refractivity contribution in [2.75, 3.05) is 38.6 Å². The first-order valence-corrected chi connectivity index (χ1v) is 11.6. The zero-order valence-corrected chi connectivity index (χ0v) is 20.0. The predicted molar refractivity (Wildman–Crippen MR) is 136 cm³/mol. The lowest BCUT2D eigenvalue weighted by Gasteiger charge is -2.37. The van der Waals surface area contributed by atoms with E-state index in [1.807, 2.05) is 30.5 Å². The van der Waals surface area contributed by atoms with Crippen LogP contribution in [0.15, 0.2) is 47.9 Å². The zero-order chi connectivity index (χ0) is 23.9. The lowest BCUT2D eigenvalue weighted by Crippen LogP contribution is -2.51. The molecule has 0 unspecified atom stereocenters. The van der Waals surface area contributed by atoms with Crippen molar-refractivity contribution in [3.8, 4) is 0 Å². The van der Waals surface area contributed by atoms with E-state index in [-0.39, 0.29) is 0 Å². The second-order valence-corrected chi connectivity index (χ2v) is 8.74. The number of nitrogens with zero attached hydrogens (tertiary/aromatic N) is 6. The SMILES string of the molecule is COC1CN(CCCN=CC(=CN)c2cnc3ccc(Nc4cc(C(C)C)cnn4)nc3c2)C1. The second kappa shape index (κ2) is 11.1. The van der Waals surface area contributed by atoms with Crippen LogP contribution in [0.1, 0.15) is 37.3 Å². The van der Waals surface area contributed by atoms with E-state index < -0.39 is 0 Å². The van der Waals surface area contributed by atoms with E-state index in [0.29, 0.717) is 23.7 Å². The molecule has 0 atom stereocenters. The molecule has 0 bridgehead atoms. The fourth-order valence-electron chi connectivity index (χ4n) is 3.74. The number of anilines is 2. The van der Waals surface area contributed by atoms with Gasteiger partial charge in [-0.05, 0) is 42.2 Å². The molecule has 178 valence electrons. The van der Waals surface area contributed by atoms with Crippen LogP contribution >= 0.6 is 0 Å². The minimum atomic E-state index is 0.370. The molecule has 1 saturated heterocycles. The highest BCUT2D eigenvalue weighted by molar-refractivity contribution is 6.10. The Morgan fingerprint density at radius 1 is 1.24 bits per heavy atom. The molecule has 9 heteroatoms. The normalized spacial score (nSPS) is 15.4. The Morgan fingerprint density at radius 3 is 2.85 bits per heavy atom. The molecule has 34 heavy (non-hydrogen) atoms. The van der Waals surface area contributed by atoms with Crippen LogP contribution in [0.2, 0.25) is 0 Å². The monoisotopic (exact) mass is 460 g/mol. The Kier molecular flexibility index (Phi) is 7.76. The number of nitrogens with two attached hydrogens (primary N) is 1. The Balaban J connectivity index is 1.40. The molecule has 0 radical (unpaired) electrons. The number of aliphatic imine (C=N–C) groups is 1. The molecular weight excluding hydrogens is 428 g/mol. The van der Waals surface area contributed by atoms with Crippen molar-refractivity contribution >= 4 is 34.5 Å². The van der Waals surface area contributed by atoms with Gasteiger partial charge in [0.1, 0.15) is 5.82 Å². The molecule has 0 aromatic carbocycles. The van der Waals surface area contributed by atoms with Gasteiger partial charge in [-0.2, -0.15) is 5.10 Å². The van der Waals surface area contributed by atoms with Gasteiger partial charge in [-0.15, -0.1) is 5.10 Å². The Morgan fingerprint density at radius 2 is 2.09 bits per heavy atom. The summed E-state index contributed by atoms with van der Waals surface area (Å²) in [5.41, 5.74) is 10.2. The van der Waals surface area contributed by atoms with Gasteiger partial charge in [0, 0.05) is 63.0 Å². The summed E-state index contributed by atoms with van der Waals surface area (Å²) in [7, 11) is 1.77. The molecule has 3 aromatic heterocycles. The van der Waals surface area contributed by atoms with Gasteiger partial charge >= 0.3 is 0 Å². The van der Waals surface area contributed by atoms with Crippen molar-refractivity contribution < 1.29 is 4.74 Å². The van der Waals surface area contributed by atoms with Crippen LogP contribution in [0.25, 0.3) is 16.6 Å². The van der Waals surface area contributed by atoms with Crippen LogP contribution in [0, 0.1) is 0 Å². The van der Waals surface area contributed by atoms with Crippen LogP contribution in [-0.4, -0.2) is 70.7 Å². The highest BCUT2D eigenvalue weighted by atomic mass is 16.5. The molecule has 4 rings (SSSR count). The van der Waals surface area contributed by atoms with E-state index in [1.54, 1.807) is 25.7 Å². The first kappa shape index (κ1) is 23.7. The lowest BCUT2D eigenvalue weighted by molar-refractivity contribution is -0.0291. The molecule has 1 aliphatic heterocycles. The smallest absolute Gasteiger partial charge is 0.154 e. The number of nitrogens with one attached hydrogen (secondary N) is 1. The summed E-state index contributed by atoms with van der Waals surface area (Å²) < 4.78 is 5.31. The lowest BCUT2D eigenvalue weighted by atomic mass is 10.1. The van der Waals surface area contributed by atoms with Crippen LogP contribution < -0.4 is 11.1 Å². The Labute approximate surface area is 200 Å². The molecule has 3 N–H and O–H groups in total. The van der Waals surface area contributed by atoms with Crippen LogP contribution in [0.5, 0.6) is 0 Å². The van der Waals surface area contributed by atoms with Crippen molar-refractivity contribution in [3.63, 3.8) is 0 Å². The third kappa shape index (κ3) is 5.92. The first-order chi connectivity index (χ1) is 16.6. The summed E-state index contributed by atoms with van der Waals surface area (Å²) >= 11 is 0. The van der Waals surface area contributed by atoms with Crippen molar-refractivity contribution in [1.29, 1.82) is 0 Å². The third-order valence-corrected chi connectivity index (χ3v) is 5.90. The van der Waals surface area contributed by atoms with Gasteiger partial charge in [0.25, 0.3) is 0 Å². The quantitative estimate of drug-likeness (QED) is 0.350. The maximum Gasteiger partial charge on any atom is 0.154 e. The highest BCUT2D eigenvalue weighted by Crippen LogP contribution is 2.21. The topological polar surface area (TPSA) is 114 Å². The van der Waals surface area contributed by atoms with Crippen molar-refractivity contribution in [2.24, 2.45) is 10.7 Å². The average molecular weight is 461 g/mol. The molecule has 0 saturated carbocycles. The van der Waals surface area contributed by atoms with Gasteiger partial charge in [0.2, 0.25) is 0 Å². The molecule has 0 amide bonds. The van der Waals surface area contributed by atoms with Crippen molar-refractivity contribution in [3.05, 3.63) is 54.0 Å². The van der Waals surface area contributed by atoms with Gasteiger partial charge in [-0.3, -0.25) is 14.9 Å². The zero-order valence-electron chi connectivity index (χ0n) is 20.0. The third-order valence-electron chi connectivity index (χ3n) is 5.90. The molecule has 0 spiro atoms. The largest absolute Gasteiger partial charge is 0.404 e. The maximum absolute atomic E-state index is 5.89. The van der Waals surface area contributed by atoms with Gasteiger partial charge in [-0.1, -0.05) is 13.8 Å². The molecular formula is C25H32N8O. The van der Waals surface area contributed by atoms with Gasteiger partial charge in [0.15, 0.2) is 5.82 Å². The van der Waals surface area contributed by atoms with Gasteiger partial charge < -0.3 is 15.8 Å². The van der Waals surface area contributed by atoms with Crippen LogP contribution in [0.3, 0.4) is 0 Å². The number of allylic oxidation sites excluding steroid dienone is 1. The number of likely N-dealkylation sites (tertiary alicyclic amines) is 1.